The largest absolute Gasteiger partial charge is 0.352 e. The molecule has 0 fully saturated rings. The average Bonchev–Trinajstić information content (AvgIpc) is 2.42. The molecular formula is C15H15FO2. The summed E-state index contributed by atoms with van der Waals surface area (Å²) in [5.41, 5.74) is 2.84. The summed E-state index contributed by atoms with van der Waals surface area (Å²) >= 11 is 0. The van der Waals surface area contributed by atoms with E-state index in [0.717, 1.165) is 16.7 Å². The number of hydrogen-bond donors (Lipinski definition) is 0. The van der Waals surface area contributed by atoms with Gasteiger partial charge in [0.05, 0.1) is 0 Å². The molecular weight excluding hydrogens is 231 g/mol. The number of ether oxygens (including phenoxy) is 2. The first kappa shape index (κ1) is 12.7. The van der Waals surface area contributed by atoms with Crippen molar-refractivity contribution in [2.24, 2.45) is 0 Å². The molecule has 0 aliphatic rings. The minimum Gasteiger partial charge on any atom is -0.352 e. The lowest BCUT2D eigenvalue weighted by Crippen LogP contribution is -2.05. The Bertz CT molecular complexity index is 504. The van der Waals surface area contributed by atoms with Gasteiger partial charge in [-0.2, -0.15) is 0 Å². The van der Waals surface area contributed by atoms with Crippen LogP contribution < -0.4 is 0 Å². The van der Waals surface area contributed by atoms with Gasteiger partial charge in [0.1, 0.15) is 5.82 Å². The van der Waals surface area contributed by atoms with Crippen molar-refractivity contribution in [2.75, 3.05) is 14.2 Å². The predicted molar refractivity (Wildman–Crippen MR) is 68.6 cm³/mol. The van der Waals surface area contributed by atoms with E-state index in [1.165, 1.54) is 12.1 Å². The second kappa shape index (κ2) is 5.76. The highest BCUT2D eigenvalue weighted by Gasteiger charge is 2.14. The minimum atomic E-state index is -0.425. The normalized spacial score (nSPS) is 10.9. The van der Waals surface area contributed by atoms with Crippen LogP contribution in [0.25, 0.3) is 11.1 Å². The Morgan fingerprint density at radius 2 is 1.50 bits per heavy atom. The zero-order valence-corrected chi connectivity index (χ0v) is 10.4. The van der Waals surface area contributed by atoms with Crippen molar-refractivity contribution in [3.8, 4) is 11.1 Å². The Morgan fingerprint density at radius 3 is 2.11 bits per heavy atom. The van der Waals surface area contributed by atoms with Gasteiger partial charge in [0.15, 0.2) is 6.29 Å². The van der Waals surface area contributed by atoms with Crippen LogP contribution in [0.4, 0.5) is 4.39 Å². The van der Waals surface area contributed by atoms with Crippen molar-refractivity contribution in [3.05, 3.63) is 59.9 Å². The maximum Gasteiger partial charge on any atom is 0.183 e. The molecule has 0 aromatic heterocycles. The standard InChI is InChI=1S/C15H15FO2/c1-17-15(18-2)14-6-4-3-5-13(14)11-7-9-12(16)10-8-11/h3-10,15H,1-2H3. The maximum atomic E-state index is 12.9. The Kier molecular flexibility index (Phi) is 4.07. The molecule has 0 N–H and O–H groups in total. The first-order chi connectivity index (χ1) is 8.76. The van der Waals surface area contributed by atoms with E-state index in [1.54, 1.807) is 26.4 Å². The Morgan fingerprint density at radius 1 is 0.889 bits per heavy atom. The molecule has 2 rings (SSSR count). The molecule has 0 saturated carbocycles. The van der Waals surface area contributed by atoms with Crippen molar-refractivity contribution in [3.63, 3.8) is 0 Å². The molecule has 0 heterocycles. The van der Waals surface area contributed by atoms with E-state index in [2.05, 4.69) is 0 Å². The van der Waals surface area contributed by atoms with Gasteiger partial charge in [-0.3, -0.25) is 0 Å². The molecule has 0 bridgehead atoms. The SMILES string of the molecule is COC(OC)c1ccccc1-c1ccc(F)cc1. The summed E-state index contributed by atoms with van der Waals surface area (Å²) in [6.45, 7) is 0. The third-order valence-electron chi connectivity index (χ3n) is 2.80. The molecule has 0 aliphatic heterocycles. The lowest BCUT2D eigenvalue weighted by atomic mass is 9.99. The van der Waals surface area contributed by atoms with Gasteiger partial charge in [-0.15, -0.1) is 0 Å². The summed E-state index contributed by atoms with van der Waals surface area (Å²) in [4.78, 5) is 0. The number of halogens is 1. The molecule has 2 nitrogen and oxygen atoms in total. The molecule has 0 radical (unpaired) electrons. The van der Waals surface area contributed by atoms with Gasteiger partial charge >= 0.3 is 0 Å². The maximum absolute atomic E-state index is 12.9. The van der Waals surface area contributed by atoms with E-state index in [1.807, 2.05) is 24.3 Å². The van der Waals surface area contributed by atoms with Crippen molar-refractivity contribution in [1.82, 2.24) is 0 Å². The fraction of sp³-hybridized carbons (Fsp3) is 0.200. The van der Waals surface area contributed by atoms with Gasteiger partial charge in [0.25, 0.3) is 0 Å². The number of rotatable bonds is 4. The molecule has 0 unspecified atom stereocenters. The first-order valence-corrected chi connectivity index (χ1v) is 5.66. The zero-order chi connectivity index (χ0) is 13.0. The second-order valence-electron chi connectivity index (χ2n) is 3.90. The molecule has 2 aromatic carbocycles. The molecule has 0 saturated heterocycles. The highest BCUT2D eigenvalue weighted by Crippen LogP contribution is 2.30. The number of hydrogen-bond acceptors (Lipinski definition) is 2. The van der Waals surface area contributed by atoms with Crippen LogP contribution in [0.5, 0.6) is 0 Å². The van der Waals surface area contributed by atoms with Crippen LogP contribution in [0.2, 0.25) is 0 Å². The summed E-state index contributed by atoms with van der Waals surface area (Å²) < 4.78 is 23.5. The quantitative estimate of drug-likeness (QED) is 0.764. The van der Waals surface area contributed by atoms with E-state index in [0.29, 0.717) is 0 Å². The lowest BCUT2D eigenvalue weighted by molar-refractivity contribution is -0.105. The van der Waals surface area contributed by atoms with Crippen LogP contribution in [0, 0.1) is 5.82 Å². The minimum absolute atomic E-state index is 0.244. The molecule has 0 spiro atoms. The molecule has 0 amide bonds. The predicted octanol–water partition coefficient (Wildman–Crippen LogP) is 3.78. The fourth-order valence-electron chi connectivity index (χ4n) is 1.95. The highest BCUT2D eigenvalue weighted by molar-refractivity contribution is 5.67. The van der Waals surface area contributed by atoms with E-state index in [4.69, 9.17) is 9.47 Å². The zero-order valence-electron chi connectivity index (χ0n) is 10.4. The van der Waals surface area contributed by atoms with Gasteiger partial charge in [0.2, 0.25) is 0 Å². The molecule has 0 atom stereocenters. The molecule has 3 heteroatoms. The Balaban J connectivity index is 2.47. The fourth-order valence-corrected chi connectivity index (χ4v) is 1.95. The van der Waals surface area contributed by atoms with Gasteiger partial charge < -0.3 is 9.47 Å². The Labute approximate surface area is 106 Å². The summed E-state index contributed by atoms with van der Waals surface area (Å²) in [6, 6.07) is 14.1. The third-order valence-corrected chi connectivity index (χ3v) is 2.80. The van der Waals surface area contributed by atoms with E-state index in [-0.39, 0.29) is 5.82 Å². The van der Waals surface area contributed by atoms with Crippen molar-refractivity contribution < 1.29 is 13.9 Å². The molecule has 0 aliphatic carbocycles. The smallest absolute Gasteiger partial charge is 0.183 e. The Hall–Kier alpha value is -1.71. The van der Waals surface area contributed by atoms with Crippen LogP contribution in [0.15, 0.2) is 48.5 Å². The van der Waals surface area contributed by atoms with Crippen molar-refractivity contribution >= 4 is 0 Å². The van der Waals surface area contributed by atoms with Gasteiger partial charge in [-0.1, -0.05) is 36.4 Å². The molecule has 2 aromatic rings. The summed E-state index contributed by atoms with van der Waals surface area (Å²) in [5, 5.41) is 0. The third kappa shape index (κ3) is 2.58. The van der Waals surface area contributed by atoms with Crippen LogP contribution in [-0.2, 0) is 9.47 Å². The summed E-state index contributed by atoms with van der Waals surface area (Å²) in [7, 11) is 3.19. The molecule has 18 heavy (non-hydrogen) atoms. The number of methoxy groups -OCH3 is 2. The first-order valence-electron chi connectivity index (χ1n) is 5.66. The van der Waals surface area contributed by atoms with Gasteiger partial charge in [-0.05, 0) is 23.3 Å². The summed E-state index contributed by atoms with van der Waals surface area (Å²) in [6.07, 6.45) is -0.425. The second-order valence-corrected chi connectivity index (χ2v) is 3.90. The highest BCUT2D eigenvalue weighted by atomic mass is 19.1. The van der Waals surface area contributed by atoms with Gasteiger partial charge in [0, 0.05) is 19.8 Å². The monoisotopic (exact) mass is 246 g/mol. The average molecular weight is 246 g/mol. The van der Waals surface area contributed by atoms with E-state index in [9.17, 15) is 4.39 Å². The van der Waals surface area contributed by atoms with Gasteiger partial charge in [-0.25, -0.2) is 4.39 Å². The lowest BCUT2D eigenvalue weighted by Gasteiger charge is -2.17. The van der Waals surface area contributed by atoms with E-state index >= 15 is 0 Å². The molecule has 94 valence electrons. The van der Waals surface area contributed by atoms with Crippen molar-refractivity contribution in [1.29, 1.82) is 0 Å². The number of benzene rings is 2. The summed E-state index contributed by atoms with van der Waals surface area (Å²) in [5.74, 6) is -0.244. The van der Waals surface area contributed by atoms with E-state index < -0.39 is 6.29 Å². The van der Waals surface area contributed by atoms with Crippen molar-refractivity contribution in [2.45, 2.75) is 6.29 Å². The van der Waals surface area contributed by atoms with Crippen LogP contribution >= 0.6 is 0 Å². The van der Waals surface area contributed by atoms with Crippen LogP contribution in [-0.4, -0.2) is 14.2 Å². The van der Waals surface area contributed by atoms with Crippen LogP contribution in [0.3, 0.4) is 0 Å². The van der Waals surface area contributed by atoms with Crippen LogP contribution in [0.1, 0.15) is 11.9 Å². The topological polar surface area (TPSA) is 18.5 Å².